The Labute approximate surface area is 293 Å². The highest BCUT2D eigenvalue weighted by atomic mass is 16.5. The summed E-state index contributed by atoms with van der Waals surface area (Å²) in [4.78, 5) is 55.3. The van der Waals surface area contributed by atoms with Crippen LogP contribution >= 0.6 is 0 Å². The average Bonchev–Trinajstić information content (AvgIpc) is 3.32. The number of allylic oxidation sites excluding steroid dienone is 1. The molecule has 0 radical (unpaired) electrons. The molecular weight excluding hydrogens is 620 g/mol. The first kappa shape index (κ1) is 36.5. The van der Waals surface area contributed by atoms with Gasteiger partial charge >= 0.3 is 11.9 Å². The summed E-state index contributed by atoms with van der Waals surface area (Å²) in [5, 5.41) is 20.9. The summed E-state index contributed by atoms with van der Waals surface area (Å²) in [6, 6.07) is 0. The van der Waals surface area contributed by atoms with Crippen molar-refractivity contribution in [1.29, 1.82) is 0 Å². The van der Waals surface area contributed by atoms with Crippen molar-refractivity contribution in [1.82, 2.24) is 9.96 Å². The molecule has 8 atom stereocenters. The van der Waals surface area contributed by atoms with E-state index >= 15 is 0 Å². The van der Waals surface area contributed by atoms with Crippen molar-refractivity contribution in [3.05, 3.63) is 11.1 Å². The van der Waals surface area contributed by atoms with Crippen molar-refractivity contribution in [2.75, 3.05) is 26.2 Å². The number of carboxylic acid groups (broad SMARTS) is 1. The molecule has 4 saturated carbocycles. The summed E-state index contributed by atoms with van der Waals surface area (Å²) in [7, 11) is 0. The van der Waals surface area contributed by atoms with Crippen LogP contribution in [0.1, 0.15) is 127 Å². The van der Waals surface area contributed by atoms with Crippen molar-refractivity contribution < 1.29 is 34.2 Å². The molecule has 1 unspecified atom stereocenters. The predicted molar refractivity (Wildman–Crippen MR) is 185 cm³/mol. The van der Waals surface area contributed by atoms with Gasteiger partial charge in [0.15, 0.2) is 0 Å². The van der Waals surface area contributed by atoms with Crippen LogP contribution in [0.25, 0.3) is 0 Å². The topological polar surface area (TPSA) is 124 Å². The Morgan fingerprint density at radius 2 is 1.57 bits per heavy atom. The number of piperazine rings is 1. The Morgan fingerprint density at radius 1 is 0.918 bits per heavy atom. The normalized spacial score (nSPS) is 40.7. The van der Waals surface area contributed by atoms with Crippen LogP contribution in [-0.4, -0.2) is 76.2 Å². The summed E-state index contributed by atoms with van der Waals surface area (Å²) >= 11 is 0. The van der Waals surface area contributed by atoms with E-state index in [1.807, 2.05) is 4.90 Å². The first-order valence-electron chi connectivity index (χ1n) is 19.1. The predicted octanol–water partition coefficient (Wildman–Crippen LogP) is 6.91. The summed E-state index contributed by atoms with van der Waals surface area (Å²) in [5.41, 5.74) is 0.291. The number of carbonyl (C=O) groups excluding carboxylic acids is 3. The molecular formula is C40H62N2O7. The molecule has 2 N–H and O–H groups in total. The minimum atomic E-state index is -1.17. The smallest absolute Gasteiger partial charge is 0.309 e. The van der Waals surface area contributed by atoms with E-state index in [1.54, 1.807) is 13.8 Å². The van der Waals surface area contributed by atoms with E-state index in [-0.39, 0.29) is 57.7 Å². The number of Topliss-reactive ketones (excluding diaryl/α,β-unsaturated/α-hetero) is 1. The van der Waals surface area contributed by atoms with Gasteiger partial charge in [-0.15, -0.1) is 0 Å². The van der Waals surface area contributed by atoms with Crippen LogP contribution in [0.15, 0.2) is 11.1 Å². The maximum absolute atomic E-state index is 14.6. The fourth-order valence-electron chi connectivity index (χ4n) is 12.8. The van der Waals surface area contributed by atoms with Crippen molar-refractivity contribution in [3.8, 4) is 0 Å². The summed E-state index contributed by atoms with van der Waals surface area (Å²) in [6.45, 7) is 21.2. The highest BCUT2D eigenvalue weighted by Gasteiger charge is 2.70. The molecule has 1 amide bonds. The lowest BCUT2D eigenvalue weighted by Gasteiger charge is -2.70. The van der Waals surface area contributed by atoms with E-state index in [9.17, 15) is 29.5 Å². The quantitative estimate of drug-likeness (QED) is 0.229. The Balaban J connectivity index is 1.33. The fourth-order valence-corrected chi connectivity index (χ4v) is 12.8. The van der Waals surface area contributed by atoms with E-state index < -0.39 is 22.8 Å². The Hall–Kier alpha value is -2.26. The average molecular weight is 683 g/mol. The van der Waals surface area contributed by atoms with Gasteiger partial charge in [-0.05, 0) is 105 Å². The van der Waals surface area contributed by atoms with Gasteiger partial charge in [0.1, 0.15) is 11.9 Å². The van der Waals surface area contributed by atoms with Gasteiger partial charge in [0.25, 0.3) is 0 Å². The molecule has 6 rings (SSSR count). The number of esters is 1. The second-order valence-electron chi connectivity index (χ2n) is 19.2. The molecule has 1 aliphatic heterocycles. The minimum absolute atomic E-state index is 0.00513. The van der Waals surface area contributed by atoms with Crippen LogP contribution in [0.2, 0.25) is 0 Å². The van der Waals surface area contributed by atoms with Gasteiger partial charge in [0.2, 0.25) is 5.91 Å². The zero-order valence-electron chi connectivity index (χ0n) is 31.6. The summed E-state index contributed by atoms with van der Waals surface area (Å²) in [5.74, 6) is -0.403. The second kappa shape index (κ2) is 11.9. The van der Waals surface area contributed by atoms with E-state index in [4.69, 9.17) is 4.74 Å². The number of rotatable bonds is 6. The lowest BCUT2D eigenvalue weighted by molar-refractivity contribution is -0.214. The third-order valence-electron chi connectivity index (χ3n) is 15.7. The largest absolute Gasteiger partial charge is 0.481 e. The number of aliphatic carboxylic acids is 1. The Bertz CT molecular complexity index is 1440. The van der Waals surface area contributed by atoms with Gasteiger partial charge in [-0.2, -0.15) is 5.06 Å². The zero-order chi connectivity index (χ0) is 36.1. The van der Waals surface area contributed by atoms with Crippen molar-refractivity contribution in [3.63, 3.8) is 0 Å². The molecule has 5 fully saturated rings. The molecule has 6 aliphatic rings. The van der Waals surface area contributed by atoms with Gasteiger partial charge in [-0.3, -0.25) is 19.2 Å². The summed E-state index contributed by atoms with van der Waals surface area (Å²) < 4.78 is 6.14. The molecule has 0 aromatic carbocycles. The fraction of sp³-hybridized carbons (Fsp3) is 0.850. The van der Waals surface area contributed by atoms with Crippen LogP contribution in [0, 0.1) is 56.2 Å². The number of carbonyl (C=O) groups is 4. The molecule has 0 bridgehead atoms. The van der Waals surface area contributed by atoms with Crippen molar-refractivity contribution in [2.24, 2.45) is 56.2 Å². The first-order chi connectivity index (χ1) is 22.7. The van der Waals surface area contributed by atoms with Crippen LogP contribution in [-0.2, 0) is 23.9 Å². The lowest BCUT2D eigenvalue weighted by atomic mass is 9.34. The van der Waals surface area contributed by atoms with Gasteiger partial charge in [0, 0.05) is 43.9 Å². The number of hydroxylamine groups is 2. The molecule has 5 aliphatic carbocycles. The van der Waals surface area contributed by atoms with E-state index in [0.29, 0.717) is 50.9 Å². The molecule has 0 aromatic heterocycles. The van der Waals surface area contributed by atoms with Crippen LogP contribution in [0.3, 0.4) is 0 Å². The van der Waals surface area contributed by atoms with E-state index in [0.717, 1.165) is 44.9 Å². The molecule has 1 saturated heterocycles. The van der Waals surface area contributed by atoms with Gasteiger partial charge in [-0.25, -0.2) is 0 Å². The molecule has 9 heteroatoms. The van der Waals surface area contributed by atoms with Crippen LogP contribution in [0.5, 0.6) is 0 Å². The summed E-state index contributed by atoms with van der Waals surface area (Å²) in [6.07, 6.45) is 7.22. The minimum Gasteiger partial charge on any atom is -0.481 e. The highest BCUT2D eigenvalue weighted by Crippen LogP contribution is 2.76. The number of nitrogens with zero attached hydrogens (tertiary/aromatic N) is 2. The Morgan fingerprint density at radius 3 is 2.18 bits per heavy atom. The number of hydrogen-bond donors (Lipinski definition) is 2. The maximum atomic E-state index is 14.6. The van der Waals surface area contributed by atoms with Gasteiger partial charge < -0.3 is 20.0 Å². The number of hydrogen-bond acceptors (Lipinski definition) is 7. The molecule has 49 heavy (non-hydrogen) atoms. The lowest BCUT2D eigenvalue weighted by Crippen LogP contribution is -2.64. The number of ether oxygens (including phenoxy) is 1. The first-order valence-corrected chi connectivity index (χ1v) is 19.1. The molecule has 1 heterocycles. The third-order valence-corrected chi connectivity index (χ3v) is 15.7. The Kier molecular flexibility index (Phi) is 8.87. The third kappa shape index (κ3) is 5.28. The van der Waals surface area contributed by atoms with Gasteiger partial charge in [0.05, 0.1) is 17.3 Å². The van der Waals surface area contributed by atoms with E-state index in [2.05, 4.69) is 48.5 Å². The highest BCUT2D eigenvalue weighted by molar-refractivity contribution is 6.00. The van der Waals surface area contributed by atoms with Crippen molar-refractivity contribution >= 4 is 23.6 Å². The molecule has 0 aromatic rings. The van der Waals surface area contributed by atoms with Gasteiger partial charge in [-0.1, -0.05) is 54.0 Å². The SMILES string of the molecule is CC(C)C1C(=O)C[C@]2(C(=O)N3CCN(O)CC3)CC[C@]3(C)C(=C12)CC[C@@H]1[C@@]2(C)CC[C@H](OC(=O)CC(C)(C)C(=O)O)C(C)(C)[C@@H]2CC[C@]13C. The maximum Gasteiger partial charge on any atom is 0.309 e. The van der Waals surface area contributed by atoms with Crippen LogP contribution in [0.4, 0.5) is 0 Å². The molecule has 0 spiro atoms. The standard InChI is InChI=1S/C40H62N2O7/c1-24(2)31-26(43)22-40(33(45)41-18-20-42(48)21-19-41)17-16-38(8)25(32(31)40)10-11-28-37(7)14-13-29(49-30(44)23-35(3,4)34(46)47)36(5,6)27(37)12-15-39(28,38)9/h24,27-29,31,48H,10-23H2,1-9H3,(H,46,47)/t27-,28+,29-,31?,37-,38+,39+,40+/m0/s1. The number of amides is 1. The van der Waals surface area contributed by atoms with Crippen LogP contribution < -0.4 is 0 Å². The zero-order valence-corrected chi connectivity index (χ0v) is 31.6. The van der Waals surface area contributed by atoms with Crippen molar-refractivity contribution in [2.45, 2.75) is 133 Å². The number of carboxylic acids is 1. The number of fused-ring (bicyclic) bond motifs is 6. The number of ketones is 1. The molecule has 274 valence electrons. The molecule has 9 nitrogen and oxygen atoms in total. The van der Waals surface area contributed by atoms with E-state index in [1.165, 1.54) is 16.2 Å². The monoisotopic (exact) mass is 682 g/mol. The second-order valence-corrected chi connectivity index (χ2v) is 19.2.